The van der Waals surface area contributed by atoms with E-state index in [4.69, 9.17) is 0 Å². The molecule has 1 aromatic heterocycles. The number of aromatic nitrogens is 2. The van der Waals surface area contributed by atoms with E-state index >= 15 is 0 Å². The average molecular weight is 369 g/mol. The Hall–Kier alpha value is -2.37. The molecule has 2 heterocycles. The van der Waals surface area contributed by atoms with Gasteiger partial charge in [-0.05, 0) is 43.7 Å². The maximum atomic E-state index is 13.0. The molecule has 2 aliphatic rings. The third-order valence-corrected chi connectivity index (χ3v) is 6.39. The first-order valence-electron chi connectivity index (χ1n) is 10.1. The third-order valence-electron chi connectivity index (χ3n) is 6.39. The van der Waals surface area contributed by atoms with Crippen LogP contribution in [-0.2, 0) is 17.9 Å². The predicted octanol–water partition coefficient (Wildman–Crippen LogP) is 2.22. The van der Waals surface area contributed by atoms with Crippen LogP contribution in [0.1, 0.15) is 39.0 Å². The molecular weight excluding hydrogens is 342 g/mol. The van der Waals surface area contributed by atoms with Crippen molar-refractivity contribution in [1.82, 2.24) is 14.0 Å². The fourth-order valence-corrected chi connectivity index (χ4v) is 4.87. The summed E-state index contributed by atoms with van der Waals surface area (Å²) in [6, 6.07) is 7.05. The first-order chi connectivity index (χ1) is 13.1. The summed E-state index contributed by atoms with van der Waals surface area (Å²) in [6.45, 7) is 3.66. The van der Waals surface area contributed by atoms with Crippen LogP contribution in [0.5, 0.6) is 0 Å². The average Bonchev–Trinajstić information content (AvgIpc) is 2.71. The molecule has 6 heteroatoms. The number of piperidine rings is 1. The second-order valence-corrected chi connectivity index (χ2v) is 7.87. The molecule has 4 rings (SSSR count). The molecule has 0 radical (unpaired) electrons. The fraction of sp³-hybridized carbons (Fsp3) is 0.571. The number of carbonyl (C=O) groups excluding carboxylic acids is 1. The molecule has 144 valence electrons. The van der Waals surface area contributed by atoms with Crippen molar-refractivity contribution in [2.75, 3.05) is 13.1 Å². The monoisotopic (exact) mass is 369 g/mol. The Morgan fingerprint density at radius 3 is 2.56 bits per heavy atom. The van der Waals surface area contributed by atoms with Crippen LogP contribution in [0.3, 0.4) is 0 Å². The van der Waals surface area contributed by atoms with E-state index in [1.807, 2.05) is 4.90 Å². The van der Waals surface area contributed by atoms with Crippen LogP contribution in [0.15, 0.2) is 33.9 Å². The van der Waals surface area contributed by atoms with E-state index in [1.165, 1.54) is 34.8 Å². The molecule has 1 aliphatic carbocycles. The number of hydrogen-bond donors (Lipinski definition) is 0. The van der Waals surface area contributed by atoms with Crippen LogP contribution in [-0.4, -0.2) is 33.0 Å². The van der Waals surface area contributed by atoms with E-state index < -0.39 is 5.69 Å². The van der Waals surface area contributed by atoms with Gasteiger partial charge in [0.25, 0.3) is 5.56 Å². The highest BCUT2D eigenvalue weighted by Gasteiger charge is 2.33. The summed E-state index contributed by atoms with van der Waals surface area (Å²) >= 11 is 0. The summed E-state index contributed by atoms with van der Waals surface area (Å²) in [5.41, 5.74) is -0.148. The lowest BCUT2D eigenvalue weighted by Crippen LogP contribution is -2.48. The Bertz CT molecular complexity index is 975. The Morgan fingerprint density at radius 2 is 1.78 bits per heavy atom. The topological polar surface area (TPSA) is 64.3 Å². The Morgan fingerprint density at radius 1 is 1.04 bits per heavy atom. The van der Waals surface area contributed by atoms with Crippen molar-refractivity contribution in [3.05, 3.63) is 45.1 Å². The van der Waals surface area contributed by atoms with E-state index in [0.717, 1.165) is 25.4 Å². The molecule has 6 nitrogen and oxygen atoms in total. The highest BCUT2D eigenvalue weighted by atomic mass is 16.2. The van der Waals surface area contributed by atoms with Gasteiger partial charge in [0.05, 0.1) is 10.9 Å². The van der Waals surface area contributed by atoms with E-state index in [-0.39, 0.29) is 18.0 Å². The number of hydrogen-bond acceptors (Lipinski definition) is 3. The number of nitrogens with zero attached hydrogens (tertiary/aromatic N) is 3. The largest absolute Gasteiger partial charge is 0.341 e. The van der Waals surface area contributed by atoms with Gasteiger partial charge in [0, 0.05) is 19.6 Å². The van der Waals surface area contributed by atoms with Crippen LogP contribution in [0.25, 0.3) is 10.9 Å². The Labute approximate surface area is 158 Å². The first-order valence-corrected chi connectivity index (χ1v) is 10.1. The standard InChI is InChI=1S/C21H27N3O3/c1-2-23-20(26)17-9-5-6-10-18(17)24(21(23)27)14-19(25)22-12-11-15-7-3-4-8-16(15)13-22/h5-6,9-10,15-16H,2-4,7-8,11-14H2,1H3/t15-,16-/m1/s1. The van der Waals surface area contributed by atoms with E-state index in [0.29, 0.717) is 23.4 Å². The molecule has 1 aromatic carbocycles. The molecular formula is C21H27N3O3. The van der Waals surface area contributed by atoms with Crippen molar-refractivity contribution in [3.8, 4) is 0 Å². The van der Waals surface area contributed by atoms with Gasteiger partial charge in [-0.15, -0.1) is 0 Å². The Balaban J connectivity index is 1.64. The van der Waals surface area contributed by atoms with Crippen LogP contribution in [0.4, 0.5) is 0 Å². The van der Waals surface area contributed by atoms with Gasteiger partial charge in [0.1, 0.15) is 6.54 Å². The van der Waals surface area contributed by atoms with Gasteiger partial charge >= 0.3 is 5.69 Å². The fourth-order valence-electron chi connectivity index (χ4n) is 4.87. The molecule has 0 N–H and O–H groups in total. The molecule has 0 spiro atoms. The molecule has 1 saturated heterocycles. The molecule has 1 saturated carbocycles. The molecule has 2 atom stereocenters. The SMILES string of the molecule is CCn1c(=O)c2ccccc2n(CC(=O)N2CC[C@H]3CCCC[C@@H]3C2)c1=O. The first kappa shape index (κ1) is 18.0. The number of fused-ring (bicyclic) bond motifs is 2. The van der Waals surface area contributed by atoms with Crippen LogP contribution in [0.2, 0.25) is 0 Å². The van der Waals surface area contributed by atoms with Gasteiger partial charge in [-0.2, -0.15) is 0 Å². The summed E-state index contributed by atoms with van der Waals surface area (Å²) < 4.78 is 2.68. The summed E-state index contributed by atoms with van der Waals surface area (Å²) in [4.78, 5) is 40.3. The highest BCUT2D eigenvalue weighted by molar-refractivity contribution is 5.81. The molecule has 2 aromatic rings. The van der Waals surface area contributed by atoms with Gasteiger partial charge in [-0.3, -0.25) is 18.7 Å². The van der Waals surface area contributed by atoms with Crippen LogP contribution >= 0.6 is 0 Å². The number of para-hydroxylation sites is 1. The summed E-state index contributed by atoms with van der Waals surface area (Å²) in [5, 5.41) is 0.484. The van der Waals surface area contributed by atoms with Crippen molar-refractivity contribution in [2.24, 2.45) is 11.8 Å². The lowest BCUT2D eigenvalue weighted by Gasteiger charge is -2.41. The van der Waals surface area contributed by atoms with Crippen LogP contribution in [0, 0.1) is 11.8 Å². The van der Waals surface area contributed by atoms with Crippen molar-refractivity contribution in [2.45, 2.75) is 52.1 Å². The molecule has 0 unspecified atom stereocenters. The number of carbonyl (C=O) groups is 1. The number of benzene rings is 1. The van der Waals surface area contributed by atoms with Gasteiger partial charge < -0.3 is 4.90 Å². The molecule has 1 aliphatic heterocycles. The van der Waals surface area contributed by atoms with E-state index in [1.54, 1.807) is 31.2 Å². The zero-order chi connectivity index (χ0) is 19.0. The minimum absolute atomic E-state index is 0.00296. The zero-order valence-electron chi connectivity index (χ0n) is 15.9. The lowest BCUT2D eigenvalue weighted by molar-refractivity contribution is -0.135. The third kappa shape index (κ3) is 3.22. The summed E-state index contributed by atoms with van der Waals surface area (Å²) in [7, 11) is 0. The maximum Gasteiger partial charge on any atom is 0.331 e. The van der Waals surface area contributed by atoms with Crippen molar-refractivity contribution < 1.29 is 4.79 Å². The second kappa shape index (κ2) is 7.33. The Kier molecular flexibility index (Phi) is 4.89. The minimum Gasteiger partial charge on any atom is -0.341 e. The highest BCUT2D eigenvalue weighted by Crippen LogP contribution is 2.36. The number of likely N-dealkylation sites (tertiary alicyclic amines) is 1. The van der Waals surface area contributed by atoms with Crippen molar-refractivity contribution in [3.63, 3.8) is 0 Å². The zero-order valence-corrected chi connectivity index (χ0v) is 15.9. The van der Waals surface area contributed by atoms with Gasteiger partial charge in [0.2, 0.25) is 5.91 Å². The van der Waals surface area contributed by atoms with Crippen molar-refractivity contribution >= 4 is 16.8 Å². The molecule has 2 fully saturated rings. The quantitative estimate of drug-likeness (QED) is 0.833. The maximum absolute atomic E-state index is 13.0. The van der Waals surface area contributed by atoms with Gasteiger partial charge in [-0.1, -0.05) is 31.4 Å². The molecule has 1 amide bonds. The van der Waals surface area contributed by atoms with E-state index in [9.17, 15) is 14.4 Å². The number of rotatable bonds is 3. The summed E-state index contributed by atoms with van der Waals surface area (Å²) in [6.07, 6.45) is 6.14. The minimum atomic E-state index is -0.401. The number of amides is 1. The smallest absolute Gasteiger partial charge is 0.331 e. The lowest BCUT2D eigenvalue weighted by atomic mass is 9.75. The summed E-state index contributed by atoms with van der Waals surface area (Å²) in [5.74, 6) is 1.34. The molecule has 0 bridgehead atoms. The van der Waals surface area contributed by atoms with Crippen LogP contribution < -0.4 is 11.2 Å². The predicted molar refractivity (Wildman–Crippen MR) is 105 cm³/mol. The van der Waals surface area contributed by atoms with E-state index in [2.05, 4.69) is 0 Å². The van der Waals surface area contributed by atoms with Crippen molar-refractivity contribution in [1.29, 1.82) is 0 Å². The van der Waals surface area contributed by atoms with Gasteiger partial charge in [0.15, 0.2) is 0 Å². The normalized spacial score (nSPS) is 22.6. The second-order valence-electron chi connectivity index (χ2n) is 7.87. The molecule has 27 heavy (non-hydrogen) atoms. The van der Waals surface area contributed by atoms with Gasteiger partial charge in [-0.25, -0.2) is 4.79 Å².